The van der Waals surface area contributed by atoms with Crippen LogP contribution in [0.5, 0.6) is 0 Å². The van der Waals surface area contributed by atoms with Gasteiger partial charge in [0, 0.05) is 41.4 Å². The Kier molecular flexibility index (Phi) is 5.56. The molecule has 35 heavy (non-hydrogen) atoms. The Morgan fingerprint density at radius 3 is 2.37 bits per heavy atom. The van der Waals surface area contributed by atoms with Crippen molar-refractivity contribution in [3.8, 4) is 16.8 Å². The lowest BCUT2D eigenvalue weighted by molar-refractivity contribution is 0.262. The van der Waals surface area contributed by atoms with E-state index in [0.29, 0.717) is 11.5 Å². The molecule has 0 spiro atoms. The number of carbonyl (C=O) groups excluding carboxylic acids is 1. The molecule has 2 N–H and O–H groups in total. The molecule has 0 saturated carbocycles. The zero-order valence-electron chi connectivity index (χ0n) is 20.1. The van der Waals surface area contributed by atoms with Crippen LogP contribution < -0.4 is 10.6 Å². The lowest BCUT2D eigenvalue weighted by atomic mass is 9.92. The Morgan fingerprint density at radius 1 is 0.914 bits per heavy atom. The number of amides is 2. The molecule has 176 valence electrons. The molecule has 3 heterocycles. The van der Waals surface area contributed by atoms with Crippen LogP contribution in [-0.2, 0) is 12.5 Å². The summed E-state index contributed by atoms with van der Waals surface area (Å²) in [4.78, 5) is 17.2. The van der Waals surface area contributed by atoms with Gasteiger partial charge < -0.3 is 5.32 Å². The molecule has 8 heteroatoms. The summed E-state index contributed by atoms with van der Waals surface area (Å²) < 4.78 is 3.56. The Bertz CT molecular complexity index is 1490. The van der Waals surface area contributed by atoms with Crippen LogP contribution in [0.2, 0.25) is 0 Å². The van der Waals surface area contributed by atoms with Gasteiger partial charge in [-0.1, -0.05) is 51.1 Å². The Hall–Kier alpha value is -4.46. The number of aromatic nitrogens is 5. The van der Waals surface area contributed by atoms with Crippen LogP contribution in [0.25, 0.3) is 27.7 Å². The molecule has 0 aliphatic carbocycles. The largest absolute Gasteiger partial charge is 0.324 e. The highest BCUT2D eigenvalue weighted by Gasteiger charge is 2.21. The predicted octanol–water partition coefficient (Wildman–Crippen LogP) is 5.76. The summed E-state index contributed by atoms with van der Waals surface area (Å²) >= 11 is 0. The number of anilines is 2. The topological polar surface area (TPSA) is 89.7 Å². The van der Waals surface area contributed by atoms with E-state index in [1.165, 1.54) is 0 Å². The van der Waals surface area contributed by atoms with E-state index < -0.39 is 0 Å². The van der Waals surface area contributed by atoms with E-state index in [1.807, 2.05) is 80.1 Å². The maximum absolute atomic E-state index is 12.9. The fourth-order valence-electron chi connectivity index (χ4n) is 3.90. The Morgan fingerprint density at radius 2 is 1.66 bits per heavy atom. The molecule has 0 atom stereocenters. The van der Waals surface area contributed by atoms with Crippen LogP contribution in [-0.4, -0.2) is 30.6 Å². The van der Waals surface area contributed by atoms with Crippen molar-refractivity contribution in [2.45, 2.75) is 26.2 Å². The summed E-state index contributed by atoms with van der Waals surface area (Å²) in [6, 6.07) is 19.0. The number of aryl methyl sites for hydroxylation is 1. The number of hydrogen-bond donors (Lipinski definition) is 2. The monoisotopic (exact) mass is 465 g/mol. The zero-order chi connectivity index (χ0) is 24.6. The van der Waals surface area contributed by atoms with Gasteiger partial charge in [0.05, 0.1) is 29.3 Å². The first-order chi connectivity index (χ1) is 16.8. The molecule has 0 saturated heterocycles. The maximum Gasteiger partial charge on any atom is 0.324 e. The minimum Gasteiger partial charge on any atom is -0.308 e. The minimum atomic E-state index is -0.341. The van der Waals surface area contributed by atoms with Crippen molar-refractivity contribution in [2.75, 3.05) is 10.6 Å². The summed E-state index contributed by atoms with van der Waals surface area (Å²) in [5.41, 5.74) is 5.25. The van der Waals surface area contributed by atoms with Gasteiger partial charge in [0.25, 0.3) is 0 Å². The van der Waals surface area contributed by atoms with Gasteiger partial charge >= 0.3 is 6.03 Å². The zero-order valence-corrected chi connectivity index (χ0v) is 20.1. The van der Waals surface area contributed by atoms with Gasteiger partial charge in [0.15, 0.2) is 0 Å². The fourth-order valence-corrected chi connectivity index (χ4v) is 3.90. The van der Waals surface area contributed by atoms with Gasteiger partial charge in [0.1, 0.15) is 5.82 Å². The number of para-hydroxylation sites is 1. The molecule has 2 aromatic carbocycles. The van der Waals surface area contributed by atoms with Crippen molar-refractivity contribution >= 4 is 28.4 Å². The first kappa shape index (κ1) is 22.3. The van der Waals surface area contributed by atoms with Gasteiger partial charge in [-0.15, -0.1) is 0 Å². The van der Waals surface area contributed by atoms with E-state index in [2.05, 4.69) is 41.5 Å². The second-order valence-corrected chi connectivity index (χ2v) is 9.46. The van der Waals surface area contributed by atoms with Crippen molar-refractivity contribution < 1.29 is 4.79 Å². The van der Waals surface area contributed by atoms with E-state index in [4.69, 9.17) is 5.10 Å². The van der Waals surface area contributed by atoms with Crippen molar-refractivity contribution in [1.29, 1.82) is 0 Å². The third-order valence-corrected chi connectivity index (χ3v) is 5.85. The SMILES string of the molecule is Cn1ncc2c(-c3ccc(NC(=O)Nc4cc(C(C)(C)C)nn4-c4ccccc4)cc3)cncc21. The summed E-state index contributed by atoms with van der Waals surface area (Å²) in [6.07, 6.45) is 5.47. The molecule has 0 bridgehead atoms. The molecule has 0 unspecified atom stereocenters. The molecule has 5 rings (SSSR count). The van der Waals surface area contributed by atoms with Crippen LogP contribution in [0, 0.1) is 0 Å². The molecular formula is C27H27N7O. The fraction of sp³-hybridized carbons (Fsp3) is 0.185. The van der Waals surface area contributed by atoms with Gasteiger partial charge in [-0.3, -0.25) is 15.0 Å². The van der Waals surface area contributed by atoms with Crippen LogP contribution in [0.4, 0.5) is 16.3 Å². The van der Waals surface area contributed by atoms with E-state index in [9.17, 15) is 4.79 Å². The van der Waals surface area contributed by atoms with Crippen molar-refractivity contribution in [2.24, 2.45) is 7.05 Å². The molecule has 3 aromatic heterocycles. The van der Waals surface area contributed by atoms with Crippen LogP contribution >= 0.6 is 0 Å². The van der Waals surface area contributed by atoms with E-state index in [1.54, 1.807) is 15.6 Å². The number of carbonyl (C=O) groups is 1. The molecule has 2 amide bonds. The molecule has 0 aliphatic rings. The standard InChI is InChI=1S/C27H27N7O/c1-27(2,3)24-14-25(34(32-24)20-8-6-5-7-9-20)31-26(35)30-19-12-10-18(11-13-19)21-15-28-17-23-22(21)16-29-33(23)4/h5-17H,1-4H3,(H2,30,31,35). The molecular weight excluding hydrogens is 438 g/mol. The highest BCUT2D eigenvalue weighted by molar-refractivity contribution is 6.00. The first-order valence-electron chi connectivity index (χ1n) is 11.4. The number of benzene rings is 2. The van der Waals surface area contributed by atoms with E-state index >= 15 is 0 Å². The number of rotatable bonds is 4. The quantitative estimate of drug-likeness (QED) is 0.353. The van der Waals surface area contributed by atoms with E-state index in [-0.39, 0.29) is 11.4 Å². The van der Waals surface area contributed by atoms with Crippen LogP contribution in [0.15, 0.2) is 79.3 Å². The molecule has 5 aromatic rings. The third-order valence-electron chi connectivity index (χ3n) is 5.85. The van der Waals surface area contributed by atoms with Crippen molar-refractivity contribution in [3.63, 3.8) is 0 Å². The minimum absolute atomic E-state index is 0.158. The highest BCUT2D eigenvalue weighted by Crippen LogP contribution is 2.29. The number of fused-ring (bicyclic) bond motifs is 1. The second kappa shape index (κ2) is 8.72. The number of pyridine rings is 1. The number of nitrogens with zero attached hydrogens (tertiary/aromatic N) is 5. The van der Waals surface area contributed by atoms with Gasteiger partial charge in [0.2, 0.25) is 0 Å². The molecule has 8 nitrogen and oxygen atoms in total. The lowest BCUT2D eigenvalue weighted by Gasteiger charge is -2.14. The molecule has 0 aliphatic heterocycles. The normalized spacial score (nSPS) is 11.5. The average molecular weight is 466 g/mol. The van der Waals surface area contributed by atoms with Crippen LogP contribution in [0.1, 0.15) is 26.5 Å². The summed E-state index contributed by atoms with van der Waals surface area (Å²) in [7, 11) is 1.90. The number of hydrogen-bond acceptors (Lipinski definition) is 4. The Labute approximate surface area is 203 Å². The van der Waals surface area contributed by atoms with Gasteiger partial charge in [-0.05, 0) is 29.8 Å². The molecule has 0 fully saturated rings. The summed E-state index contributed by atoms with van der Waals surface area (Å²) in [6.45, 7) is 6.28. The first-order valence-corrected chi connectivity index (χ1v) is 11.4. The highest BCUT2D eigenvalue weighted by atomic mass is 16.2. The predicted molar refractivity (Wildman–Crippen MR) is 139 cm³/mol. The van der Waals surface area contributed by atoms with Crippen molar-refractivity contribution in [1.82, 2.24) is 24.5 Å². The smallest absolute Gasteiger partial charge is 0.308 e. The molecule has 0 radical (unpaired) electrons. The van der Waals surface area contributed by atoms with Gasteiger partial charge in [-0.2, -0.15) is 10.2 Å². The second-order valence-electron chi connectivity index (χ2n) is 9.46. The van der Waals surface area contributed by atoms with Crippen LogP contribution in [0.3, 0.4) is 0 Å². The summed E-state index contributed by atoms with van der Waals surface area (Å²) in [5, 5.41) is 16.0. The van der Waals surface area contributed by atoms with Gasteiger partial charge in [-0.25, -0.2) is 9.48 Å². The average Bonchev–Trinajstić information content (AvgIpc) is 3.44. The lowest BCUT2D eigenvalue weighted by Crippen LogP contribution is -2.21. The van der Waals surface area contributed by atoms with Crippen molar-refractivity contribution in [3.05, 3.63) is 84.9 Å². The van der Waals surface area contributed by atoms with E-state index in [0.717, 1.165) is 33.4 Å². The number of urea groups is 1. The third kappa shape index (κ3) is 4.50. The maximum atomic E-state index is 12.9. The summed E-state index contributed by atoms with van der Waals surface area (Å²) in [5.74, 6) is 0.601. The Balaban J connectivity index is 1.36. The number of nitrogens with one attached hydrogen (secondary N) is 2.